The maximum Gasteiger partial charge on any atom is 0.258 e. The van der Waals surface area contributed by atoms with Crippen molar-refractivity contribution >= 4 is 17.7 Å². The monoisotopic (exact) mass is 342 g/mol. The van der Waals surface area contributed by atoms with E-state index >= 15 is 0 Å². The predicted molar refractivity (Wildman–Crippen MR) is 92.4 cm³/mol. The lowest BCUT2D eigenvalue weighted by Crippen LogP contribution is -2.26. The van der Waals surface area contributed by atoms with Crippen molar-refractivity contribution in [3.63, 3.8) is 0 Å². The van der Waals surface area contributed by atoms with Gasteiger partial charge >= 0.3 is 0 Å². The second-order valence-corrected chi connectivity index (χ2v) is 6.62. The zero-order chi connectivity index (χ0) is 17.4. The first kappa shape index (κ1) is 15.9. The Balaban J connectivity index is 1.79. The summed E-state index contributed by atoms with van der Waals surface area (Å²) in [5, 5.41) is 8.08. The Morgan fingerprint density at radius 1 is 0.840 bits per heavy atom. The standard InChI is InChI=1S/C16H22N8O/c1-11-13(12(2)25)20-21-24(11)16-18-14(22-7-3-4-8-22)17-15(19-16)23-9-5-6-10-23/h3-10H2,1-2H3. The highest BCUT2D eigenvalue weighted by molar-refractivity contribution is 5.93. The first-order chi connectivity index (χ1) is 12.1. The van der Waals surface area contributed by atoms with Gasteiger partial charge in [0.15, 0.2) is 11.5 Å². The van der Waals surface area contributed by atoms with Crippen LogP contribution in [0, 0.1) is 6.92 Å². The number of anilines is 2. The molecule has 0 aromatic carbocycles. The van der Waals surface area contributed by atoms with E-state index in [-0.39, 0.29) is 5.78 Å². The van der Waals surface area contributed by atoms with E-state index in [2.05, 4.69) is 30.1 Å². The lowest BCUT2D eigenvalue weighted by atomic mass is 10.2. The van der Waals surface area contributed by atoms with Gasteiger partial charge in [-0.1, -0.05) is 5.21 Å². The minimum Gasteiger partial charge on any atom is -0.341 e. The van der Waals surface area contributed by atoms with Gasteiger partial charge in [-0.2, -0.15) is 19.6 Å². The van der Waals surface area contributed by atoms with Crippen molar-refractivity contribution in [3.8, 4) is 5.95 Å². The summed E-state index contributed by atoms with van der Waals surface area (Å²) in [5.74, 6) is 1.68. The van der Waals surface area contributed by atoms with Crippen LogP contribution in [0.4, 0.5) is 11.9 Å². The van der Waals surface area contributed by atoms with Crippen molar-refractivity contribution in [2.75, 3.05) is 36.0 Å². The van der Waals surface area contributed by atoms with Crippen molar-refractivity contribution in [2.45, 2.75) is 39.5 Å². The summed E-state index contributed by atoms with van der Waals surface area (Å²) in [5.41, 5.74) is 1.00. The number of Topliss-reactive ketones (excluding diaryl/α,β-unsaturated/α-hetero) is 1. The molecule has 0 spiro atoms. The van der Waals surface area contributed by atoms with E-state index in [9.17, 15) is 4.79 Å². The second kappa shape index (κ2) is 6.38. The quantitative estimate of drug-likeness (QED) is 0.764. The molecule has 4 heterocycles. The summed E-state index contributed by atoms with van der Waals surface area (Å²) in [6.07, 6.45) is 4.60. The molecule has 132 valence electrons. The highest BCUT2D eigenvalue weighted by Gasteiger charge is 2.23. The zero-order valence-corrected chi connectivity index (χ0v) is 14.6. The predicted octanol–water partition coefficient (Wildman–Crippen LogP) is 1.16. The van der Waals surface area contributed by atoms with Crippen molar-refractivity contribution in [1.82, 2.24) is 29.9 Å². The molecule has 2 aromatic rings. The van der Waals surface area contributed by atoms with Gasteiger partial charge in [0.1, 0.15) is 0 Å². The Hall–Kier alpha value is -2.58. The second-order valence-electron chi connectivity index (χ2n) is 6.62. The lowest BCUT2D eigenvalue weighted by Gasteiger charge is -2.20. The number of aromatic nitrogens is 6. The Morgan fingerprint density at radius 3 is 1.76 bits per heavy atom. The number of hydrogen-bond donors (Lipinski definition) is 0. The molecule has 2 saturated heterocycles. The maximum absolute atomic E-state index is 11.7. The molecule has 4 rings (SSSR count). The van der Waals surface area contributed by atoms with E-state index < -0.39 is 0 Å². The Bertz CT molecular complexity index is 755. The van der Waals surface area contributed by atoms with Crippen molar-refractivity contribution in [2.24, 2.45) is 0 Å². The van der Waals surface area contributed by atoms with Gasteiger partial charge in [0.05, 0.1) is 5.69 Å². The molecule has 9 nitrogen and oxygen atoms in total. The molecule has 0 amide bonds. The first-order valence-corrected chi connectivity index (χ1v) is 8.83. The number of nitrogens with zero attached hydrogens (tertiary/aromatic N) is 8. The highest BCUT2D eigenvalue weighted by Crippen LogP contribution is 2.23. The topological polar surface area (TPSA) is 92.9 Å². The SMILES string of the molecule is CC(=O)c1nnn(-c2nc(N3CCCC3)nc(N3CCCC3)n2)c1C. The average molecular weight is 342 g/mol. The summed E-state index contributed by atoms with van der Waals surface area (Å²) in [6.45, 7) is 7.12. The van der Waals surface area contributed by atoms with Crippen LogP contribution in [0.5, 0.6) is 0 Å². The Kier molecular flexibility index (Phi) is 4.06. The molecule has 0 atom stereocenters. The van der Waals surface area contributed by atoms with Crippen molar-refractivity contribution in [1.29, 1.82) is 0 Å². The van der Waals surface area contributed by atoms with Crippen LogP contribution in [0.1, 0.15) is 48.8 Å². The van der Waals surface area contributed by atoms with Crippen LogP contribution in [-0.2, 0) is 0 Å². The van der Waals surface area contributed by atoms with E-state index in [1.165, 1.54) is 11.6 Å². The van der Waals surface area contributed by atoms with Crippen LogP contribution in [0.3, 0.4) is 0 Å². The van der Waals surface area contributed by atoms with E-state index in [0.717, 1.165) is 51.9 Å². The van der Waals surface area contributed by atoms with E-state index in [1.807, 2.05) is 6.92 Å². The van der Waals surface area contributed by atoms with Crippen LogP contribution in [-0.4, -0.2) is 61.9 Å². The molecule has 2 aliphatic rings. The summed E-state index contributed by atoms with van der Waals surface area (Å²) in [6, 6.07) is 0. The fourth-order valence-electron chi connectivity index (χ4n) is 3.40. The third-order valence-electron chi connectivity index (χ3n) is 4.80. The molecule has 2 fully saturated rings. The third-order valence-corrected chi connectivity index (χ3v) is 4.80. The number of ketones is 1. The molecule has 0 saturated carbocycles. The molecule has 0 radical (unpaired) electrons. The maximum atomic E-state index is 11.7. The lowest BCUT2D eigenvalue weighted by molar-refractivity contribution is 0.101. The van der Waals surface area contributed by atoms with Gasteiger partial charge in [0.25, 0.3) is 5.95 Å². The van der Waals surface area contributed by atoms with Gasteiger partial charge in [-0.25, -0.2) is 0 Å². The zero-order valence-electron chi connectivity index (χ0n) is 14.6. The van der Waals surface area contributed by atoms with Crippen LogP contribution in [0.25, 0.3) is 5.95 Å². The fraction of sp³-hybridized carbons (Fsp3) is 0.625. The van der Waals surface area contributed by atoms with Gasteiger partial charge in [0.2, 0.25) is 11.9 Å². The summed E-state index contributed by atoms with van der Waals surface area (Å²) < 4.78 is 1.54. The Labute approximate surface area is 146 Å². The van der Waals surface area contributed by atoms with E-state index in [4.69, 9.17) is 4.98 Å². The van der Waals surface area contributed by atoms with Crippen molar-refractivity contribution < 1.29 is 4.79 Å². The third kappa shape index (κ3) is 2.94. The van der Waals surface area contributed by atoms with E-state index in [1.54, 1.807) is 0 Å². The van der Waals surface area contributed by atoms with Crippen LogP contribution in [0.15, 0.2) is 0 Å². The highest BCUT2D eigenvalue weighted by atomic mass is 16.1. The number of carbonyl (C=O) groups excluding carboxylic acids is 1. The molecule has 9 heteroatoms. The fourth-order valence-corrected chi connectivity index (χ4v) is 3.40. The Morgan fingerprint density at radius 2 is 1.32 bits per heavy atom. The molecule has 0 aliphatic carbocycles. The molecule has 0 unspecified atom stereocenters. The summed E-state index contributed by atoms with van der Waals surface area (Å²) in [7, 11) is 0. The summed E-state index contributed by atoms with van der Waals surface area (Å²) >= 11 is 0. The van der Waals surface area contributed by atoms with Gasteiger partial charge in [-0.3, -0.25) is 4.79 Å². The molecule has 0 N–H and O–H groups in total. The largest absolute Gasteiger partial charge is 0.341 e. The molecule has 2 aliphatic heterocycles. The molecular weight excluding hydrogens is 320 g/mol. The van der Waals surface area contributed by atoms with Gasteiger partial charge in [-0.15, -0.1) is 5.10 Å². The molecule has 0 bridgehead atoms. The normalized spacial score (nSPS) is 17.5. The van der Waals surface area contributed by atoms with E-state index in [0.29, 0.717) is 29.2 Å². The molecule has 2 aromatic heterocycles. The van der Waals surface area contributed by atoms with Gasteiger partial charge in [-0.05, 0) is 32.6 Å². The number of carbonyl (C=O) groups is 1. The van der Waals surface area contributed by atoms with Crippen LogP contribution >= 0.6 is 0 Å². The summed E-state index contributed by atoms with van der Waals surface area (Å²) in [4.78, 5) is 30.0. The molecular formula is C16H22N8O. The molecule has 25 heavy (non-hydrogen) atoms. The minimum atomic E-state index is -0.114. The van der Waals surface area contributed by atoms with Crippen LogP contribution in [0.2, 0.25) is 0 Å². The van der Waals surface area contributed by atoms with Gasteiger partial charge < -0.3 is 9.80 Å². The average Bonchev–Trinajstić information content (AvgIpc) is 3.35. The number of hydrogen-bond acceptors (Lipinski definition) is 8. The van der Waals surface area contributed by atoms with Crippen molar-refractivity contribution in [3.05, 3.63) is 11.4 Å². The smallest absolute Gasteiger partial charge is 0.258 e. The number of rotatable bonds is 4. The van der Waals surface area contributed by atoms with Crippen LogP contribution < -0.4 is 9.80 Å². The van der Waals surface area contributed by atoms with Gasteiger partial charge in [0, 0.05) is 33.1 Å². The first-order valence-electron chi connectivity index (χ1n) is 8.83. The minimum absolute atomic E-state index is 0.114.